The van der Waals surface area contributed by atoms with Crippen LogP contribution in [0.15, 0.2) is 36.5 Å². The Bertz CT molecular complexity index is 1090. The number of carbonyl (C=O) groups excluding carboxylic acids is 3. The van der Waals surface area contributed by atoms with Gasteiger partial charge in [-0.3, -0.25) is 19.4 Å². The van der Waals surface area contributed by atoms with Crippen molar-refractivity contribution >= 4 is 34.9 Å². The van der Waals surface area contributed by atoms with E-state index in [0.717, 1.165) is 11.4 Å². The topological polar surface area (TPSA) is 82.6 Å². The van der Waals surface area contributed by atoms with Gasteiger partial charge < -0.3 is 15.1 Å². The molecule has 1 N–H and O–H groups in total. The highest BCUT2D eigenvalue weighted by molar-refractivity contribution is 6.31. The monoisotopic (exact) mass is 472 g/mol. The number of rotatable bonds is 5. The predicted octanol–water partition coefficient (Wildman–Crippen LogP) is 2.98. The number of nitrogens with zero attached hydrogens (tertiary/aromatic N) is 3. The van der Waals surface area contributed by atoms with Crippen molar-refractivity contribution in [2.45, 2.75) is 44.7 Å². The highest BCUT2D eigenvalue weighted by Crippen LogP contribution is 2.33. The largest absolute Gasteiger partial charge is 0.365 e. The molecule has 2 saturated heterocycles. The van der Waals surface area contributed by atoms with Crippen LogP contribution in [0.3, 0.4) is 0 Å². The summed E-state index contributed by atoms with van der Waals surface area (Å²) in [6.07, 6.45) is 1.70. The molecule has 33 heavy (non-hydrogen) atoms. The molecule has 9 heteroatoms. The van der Waals surface area contributed by atoms with Gasteiger partial charge in [0, 0.05) is 55.2 Å². The van der Waals surface area contributed by atoms with Gasteiger partial charge in [0.05, 0.1) is 11.4 Å². The van der Waals surface area contributed by atoms with E-state index in [9.17, 15) is 18.8 Å². The van der Waals surface area contributed by atoms with Gasteiger partial charge >= 0.3 is 0 Å². The lowest BCUT2D eigenvalue weighted by Gasteiger charge is -2.41. The van der Waals surface area contributed by atoms with Crippen LogP contribution in [0.1, 0.15) is 37.4 Å². The number of carbonyl (C=O) groups is 3. The van der Waals surface area contributed by atoms with Crippen molar-refractivity contribution in [3.63, 3.8) is 0 Å². The molecular weight excluding hydrogens is 447 g/mol. The number of aromatic nitrogens is 1. The van der Waals surface area contributed by atoms with Crippen LogP contribution in [-0.2, 0) is 19.9 Å². The molecule has 0 aliphatic carbocycles. The SMILES string of the molecule is Cc1ccc(C2(CCC(=O)N3CCN(c4ccc(F)c(Cl)c4)[C@@H](C)C3)NC(=O)CC2=O)cn1. The number of piperazine rings is 1. The summed E-state index contributed by atoms with van der Waals surface area (Å²) in [7, 11) is 0. The molecule has 2 aromatic rings. The number of halogens is 2. The molecule has 4 rings (SSSR count). The lowest BCUT2D eigenvalue weighted by molar-refractivity contribution is -0.133. The van der Waals surface area contributed by atoms with Crippen LogP contribution in [0.5, 0.6) is 0 Å². The van der Waals surface area contributed by atoms with Crippen molar-refractivity contribution in [1.82, 2.24) is 15.2 Å². The third kappa shape index (κ3) is 4.57. The molecule has 2 aliphatic rings. The Morgan fingerprint density at radius 2 is 2.06 bits per heavy atom. The smallest absolute Gasteiger partial charge is 0.228 e. The van der Waals surface area contributed by atoms with Crippen molar-refractivity contribution in [1.29, 1.82) is 0 Å². The van der Waals surface area contributed by atoms with E-state index in [1.807, 2.05) is 13.8 Å². The Labute approximate surface area is 196 Å². The lowest BCUT2D eigenvalue weighted by atomic mass is 9.83. The van der Waals surface area contributed by atoms with E-state index in [-0.39, 0.29) is 47.9 Å². The molecule has 1 aromatic heterocycles. The number of pyridine rings is 1. The lowest BCUT2D eigenvalue weighted by Crippen LogP contribution is -2.54. The predicted molar refractivity (Wildman–Crippen MR) is 122 cm³/mol. The van der Waals surface area contributed by atoms with Gasteiger partial charge in [0.25, 0.3) is 0 Å². The van der Waals surface area contributed by atoms with Crippen molar-refractivity contribution in [3.05, 3.63) is 58.6 Å². The Hall–Kier alpha value is -3.00. The van der Waals surface area contributed by atoms with Crippen LogP contribution in [0.4, 0.5) is 10.1 Å². The Kier molecular flexibility index (Phi) is 6.38. The normalized spacial score (nSPS) is 23.1. The zero-order valence-electron chi connectivity index (χ0n) is 18.6. The van der Waals surface area contributed by atoms with Gasteiger partial charge in [0.1, 0.15) is 11.4 Å². The van der Waals surface area contributed by atoms with Gasteiger partial charge in [0.2, 0.25) is 11.8 Å². The first-order chi connectivity index (χ1) is 15.7. The minimum Gasteiger partial charge on any atom is -0.365 e. The second kappa shape index (κ2) is 9.09. The van der Waals surface area contributed by atoms with E-state index in [0.29, 0.717) is 25.2 Å². The third-order valence-electron chi connectivity index (χ3n) is 6.48. The molecule has 1 unspecified atom stereocenters. The first kappa shape index (κ1) is 23.2. The maximum absolute atomic E-state index is 13.5. The van der Waals surface area contributed by atoms with Crippen LogP contribution < -0.4 is 10.2 Å². The summed E-state index contributed by atoms with van der Waals surface area (Å²) in [6.45, 7) is 5.41. The summed E-state index contributed by atoms with van der Waals surface area (Å²) < 4.78 is 13.5. The zero-order valence-corrected chi connectivity index (χ0v) is 19.4. The molecule has 2 atom stereocenters. The molecule has 0 bridgehead atoms. The fourth-order valence-corrected chi connectivity index (χ4v) is 4.81. The van der Waals surface area contributed by atoms with Crippen molar-refractivity contribution in [2.24, 2.45) is 0 Å². The van der Waals surface area contributed by atoms with Crippen molar-refractivity contribution in [2.75, 3.05) is 24.5 Å². The number of Topliss-reactive ketones (excluding diaryl/α,β-unsaturated/α-hetero) is 1. The molecular formula is C24H26ClFN4O3. The number of amides is 2. The summed E-state index contributed by atoms with van der Waals surface area (Å²) >= 11 is 5.93. The van der Waals surface area contributed by atoms with Crippen LogP contribution in [0.2, 0.25) is 5.02 Å². The molecule has 174 valence electrons. The number of hydrogen-bond acceptors (Lipinski definition) is 5. The maximum Gasteiger partial charge on any atom is 0.228 e. The zero-order chi connectivity index (χ0) is 23.8. The minimum absolute atomic E-state index is 0.00676. The summed E-state index contributed by atoms with van der Waals surface area (Å²) in [6, 6.07) is 8.20. The molecule has 3 heterocycles. The summed E-state index contributed by atoms with van der Waals surface area (Å²) in [4.78, 5) is 46.0. The van der Waals surface area contributed by atoms with E-state index in [2.05, 4.69) is 15.2 Å². The molecule has 2 amide bonds. The second-order valence-electron chi connectivity index (χ2n) is 8.72. The second-order valence-corrected chi connectivity index (χ2v) is 9.13. The molecule has 2 aliphatic heterocycles. The summed E-state index contributed by atoms with van der Waals surface area (Å²) in [5.74, 6) is -1.12. The van der Waals surface area contributed by atoms with E-state index >= 15 is 0 Å². The van der Waals surface area contributed by atoms with Crippen molar-refractivity contribution < 1.29 is 18.8 Å². The highest BCUT2D eigenvalue weighted by Gasteiger charge is 2.47. The number of nitrogens with one attached hydrogen (secondary N) is 1. The third-order valence-corrected chi connectivity index (χ3v) is 6.77. The quantitative estimate of drug-likeness (QED) is 0.676. The van der Waals surface area contributed by atoms with Crippen LogP contribution in [-0.4, -0.2) is 53.2 Å². The van der Waals surface area contributed by atoms with Crippen LogP contribution in [0, 0.1) is 12.7 Å². The number of ketones is 1. The molecule has 0 spiro atoms. The van der Waals surface area contributed by atoms with E-state index < -0.39 is 11.4 Å². The number of hydrogen-bond donors (Lipinski definition) is 1. The summed E-state index contributed by atoms with van der Waals surface area (Å²) in [5, 5.41) is 2.87. The molecule has 7 nitrogen and oxygen atoms in total. The van der Waals surface area contributed by atoms with Crippen molar-refractivity contribution in [3.8, 4) is 0 Å². The molecule has 2 fully saturated rings. The number of anilines is 1. The average molecular weight is 473 g/mol. The van der Waals surface area contributed by atoms with Gasteiger partial charge in [-0.1, -0.05) is 17.7 Å². The molecule has 1 aromatic carbocycles. The Morgan fingerprint density at radius 1 is 1.27 bits per heavy atom. The fraction of sp³-hybridized carbons (Fsp3) is 0.417. The van der Waals surface area contributed by atoms with Gasteiger partial charge in [-0.15, -0.1) is 0 Å². The van der Waals surface area contributed by atoms with Gasteiger partial charge in [-0.2, -0.15) is 0 Å². The van der Waals surface area contributed by atoms with Crippen LogP contribution >= 0.6 is 11.6 Å². The minimum atomic E-state index is -1.22. The average Bonchev–Trinajstić information content (AvgIpc) is 3.08. The molecule has 0 saturated carbocycles. The van der Waals surface area contributed by atoms with E-state index in [1.54, 1.807) is 35.4 Å². The molecule has 0 radical (unpaired) electrons. The Balaban J connectivity index is 1.43. The maximum atomic E-state index is 13.5. The summed E-state index contributed by atoms with van der Waals surface area (Å²) in [5.41, 5.74) is 0.997. The van der Waals surface area contributed by atoms with Crippen LogP contribution in [0.25, 0.3) is 0 Å². The first-order valence-electron chi connectivity index (χ1n) is 11.0. The number of benzene rings is 1. The van der Waals surface area contributed by atoms with Gasteiger partial charge in [-0.05, 0) is 44.5 Å². The van der Waals surface area contributed by atoms with Gasteiger partial charge in [-0.25, -0.2) is 4.39 Å². The fourth-order valence-electron chi connectivity index (χ4n) is 4.63. The standard InChI is InChI=1S/C24H26ClFN4O3/c1-15-3-4-17(13-27-15)24(21(31)12-22(32)28-24)8-7-23(33)29-9-10-30(16(2)14-29)18-5-6-20(26)19(25)11-18/h3-6,11,13,16H,7-10,12,14H2,1-2H3,(H,28,32)/t16-,24?/m0/s1. The van der Waals surface area contributed by atoms with E-state index in [1.165, 1.54) is 6.07 Å². The highest BCUT2D eigenvalue weighted by atomic mass is 35.5. The van der Waals surface area contributed by atoms with Gasteiger partial charge in [0.15, 0.2) is 5.78 Å². The number of aryl methyl sites for hydroxylation is 1. The Morgan fingerprint density at radius 3 is 2.67 bits per heavy atom. The first-order valence-corrected chi connectivity index (χ1v) is 11.3. The van der Waals surface area contributed by atoms with E-state index in [4.69, 9.17) is 11.6 Å².